The number of pyridine rings is 1. The van der Waals surface area contributed by atoms with Gasteiger partial charge >= 0.3 is 6.18 Å². The van der Waals surface area contributed by atoms with E-state index in [1.165, 1.54) is 34.2 Å². The number of halogens is 4. The third-order valence-corrected chi connectivity index (χ3v) is 12.3. The maximum atomic E-state index is 14.8. The zero-order valence-corrected chi connectivity index (χ0v) is 32.7. The second-order valence-corrected chi connectivity index (χ2v) is 16.2. The molecule has 1 atom stereocenters. The Morgan fingerprint density at radius 3 is 2.49 bits per heavy atom. The molecule has 0 radical (unpaired) electrons. The van der Waals surface area contributed by atoms with E-state index in [4.69, 9.17) is 14.2 Å². The highest BCUT2D eigenvalue weighted by molar-refractivity contribution is 7.91. The molecule has 1 amide bonds. The summed E-state index contributed by atoms with van der Waals surface area (Å²) < 4.78 is 96.9. The number of alkyl halides is 3. The Hall–Kier alpha value is -6.24. The van der Waals surface area contributed by atoms with E-state index >= 15 is 0 Å². The molecule has 59 heavy (non-hydrogen) atoms. The summed E-state index contributed by atoms with van der Waals surface area (Å²) in [6, 6.07) is 22.2. The van der Waals surface area contributed by atoms with E-state index < -0.39 is 51.5 Å². The van der Waals surface area contributed by atoms with Gasteiger partial charge in [-0.15, -0.1) is 11.3 Å². The van der Waals surface area contributed by atoms with Crippen molar-refractivity contribution >= 4 is 38.2 Å². The lowest BCUT2D eigenvalue weighted by atomic mass is 10.0. The molecule has 18 heteroatoms. The number of hydrogen-bond acceptors (Lipinski definition) is 10. The number of benzene rings is 3. The molecule has 0 bridgehead atoms. The van der Waals surface area contributed by atoms with Crippen LogP contribution in [-0.2, 0) is 34.0 Å². The standard InChI is InChI=1S/C41H34F4N6O6S2/c1-2-56-29-12-10-28(11-13-29)51-39(48-33-8-4-3-7-30(33)40(51)53)35(17-20-47-59(54,55)38-16-15-36(58-38)34-18-21-57-49-34)50(25-27-6-5-19-46-24-27)37(52)23-26-9-14-31(32(42)22-26)41(43,44)45/h3-16,18-19,21-22,24,35,47H,2,17,20,23,25H2,1H3. The van der Waals surface area contributed by atoms with Crippen LogP contribution in [0.3, 0.4) is 0 Å². The minimum absolute atomic E-state index is 0.0187. The molecule has 0 aliphatic heterocycles. The normalized spacial score (nSPS) is 12.4. The van der Waals surface area contributed by atoms with E-state index in [2.05, 4.69) is 14.9 Å². The Balaban J connectivity index is 1.34. The molecule has 12 nitrogen and oxygen atoms in total. The summed E-state index contributed by atoms with van der Waals surface area (Å²) in [5.74, 6) is -1.65. The number of para-hydroxylation sites is 1. The Bertz CT molecular complexity index is 2740. The van der Waals surface area contributed by atoms with Gasteiger partial charge in [0.15, 0.2) is 0 Å². The van der Waals surface area contributed by atoms with Crippen molar-refractivity contribution in [2.24, 2.45) is 0 Å². The first-order valence-corrected chi connectivity index (χ1v) is 20.4. The van der Waals surface area contributed by atoms with Crippen LogP contribution in [0.15, 0.2) is 129 Å². The van der Waals surface area contributed by atoms with Crippen LogP contribution in [0.1, 0.15) is 41.9 Å². The van der Waals surface area contributed by atoms with Crippen molar-refractivity contribution in [2.45, 2.75) is 42.7 Å². The maximum absolute atomic E-state index is 14.8. The molecule has 0 fully saturated rings. The number of carbonyl (C=O) groups excluding carboxylic acids is 1. The van der Waals surface area contributed by atoms with Crippen LogP contribution in [0, 0.1) is 5.82 Å². The van der Waals surface area contributed by atoms with Gasteiger partial charge in [0.2, 0.25) is 15.9 Å². The van der Waals surface area contributed by atoms with Gasteiger partial charge in [-0.3, -0.25) is 19.1 Å². The van der Waals surface area contributed by atoms with Crippen LogP contribution < -0.4 is 15.0 Å². The number of nitrogens with one attached hydrogen (secondary N) is 1. The van der Waals surface area contributed by atoms with Crippen LogP contribution in [0.25, 0.3) is 27.2 Å². The summed E-state index contributed by atoms with van der Waals surface area (Å²) in [6.07, 6.45) is -1.27. The fraction of sp³-hybridized carbons (Fsp3) is 0.195. The highest BCUT2D eigenvalue weighted by atomic mass is 32.2. The van der Waals surface area contributed by atoms with Crippen LogP contribution in [0.5, 0.6) is 5.75 Å². The molecule has 304 valence electrons. The van der Waals surface area contributed by atoms with Crippen LogP contribution in [0.4, 0.5) is 17.6 Å². The zero-order chi connectivity index (χ0) is 41.7. The molecule has 0 aliphatic carbocycles. The molecule has 0 aliphatic rings. The molecular formula is C41H34F4N6O6S2. The first-order valence-electron chi connectivity index (χ1n) is 18.1. The smallest absolute Gasteiger partial charge is 0.419 e. The highest BCUT2D eigenvalue weighted by Gasteiger charge is 2.35. The number of hydrogen-bond donors (Lipinski definition) is 1. The van der Waals surface area contributed by atoms with Crippen molar-refractivity contribution in [3.8, 4) is 22.0 Å². The van der Waals surface area contributed by atoms with Gasteiger partial charge in [0.05, 0.1) is 46.1 Å². The zero-order valence-electron chi connectivity index (χ0n) is 31.1. The van der Waals surface area contributed by atoms with Crippen LogP contribution >= 0.6 is 11.3 Å². The van der Waals surface area contributed by atoms with Crippen LogP contribution in [-0.4, -0.2) is 52.1 Å². The molecular weight excluding hydrogens is 813 g/mol. The molecule has 1 N–H and O–H groups in total. The first kappa shape index (κ1) is 40.9. The number of fused-ring (bicyclic) bond motifs is 1. The fourth-order valence-electron chi connectivity index (χ4n) is 6.48. The lowest BCUT2D eigenvalue weighted by molar-refractivity contribution is -0.140. The van der Waals surface area contributed by atoms with Crippen LogP contribution in [0.2, 0.25) is 0 Å². The Kier molecular flexibility index (Phi) is 12.0. The molecule has 4 heterocycles. The maximum Gasteiger partial charge on any atom is 0.419 e. The average Bonchev–Trinajstić information content (AvgIpc) is 3.94. The number of nitrogens with zero attached hydrogens (tertiary/aromatic N) is 5. The van der Waals surface area contributed by atoms with Crippen molar-refractivity contribution in [3.63, 3.8) is 0 Å². The Morgan fingerprint density at radius 2 is 1.80 bits per heavy atom. The highest BCUT2D eigenvalue weighted by Crippen LogP contribution is 2.34. The predicted molar refractivity (Wildman–Crippen MR) is 211 cm³/mol. The van der Waals surface area contributed by atoms with Gasteiger partial charge in [-0.05, 0) is 91.2 Å². The molecule has 4 aromatic heterocycles. The third kappa shape index (κ3) is 9.24. The van der Waals surface area contributed by atoms with Gasteiger partial charge < -0.3 is 14.2 Å². The average molecular weight is 847 g/mol. The number of sulfonamides is 1. The minimum Gasteiger partial charge on any atom is -0.494 e. The number of carbonyl (C=O) groups is 1. The Labute approximate surface area is 338 Å². The van der Waals surface area contributed by atoms with E-state index in [1.807, 2.05) is 6.92 Å². The first-order chi connectivity index (χ1) is 28.3. The van der Waals surface area contributed by atoms with Gasteiger partial charge in [0.25, 0.3) is 5.56 Å². The number of aromatic nitrogens is 4. The van der Waals surface area contributed by atoms with Gasteiger partial charge in [-0.2, -0.15) is 13.2 Å². The van der Waals surface area contributed by atoms with E-state index in [9.17, 15) is 35.6 Å². The van der Waals surface area contributed by atoms with E-state index in [0.29, 0.717) is 46.3 Å². The number of thiophene rings is 1. The number of ether oxygens (including phenoxy) is 1. The molecule has 1 unspecified atom stereocenters. The number of rotatable bonds is 15. The van der Waals surface area contributed by atoms with Gasteiger partial charge in [0, 0.05) is 31.5 Å². The summed E-state index contributed by atoms with van der Waals surface area (Å²) in [5.41, 5.74) is -0.397. The van der Waals surface area contributed by atoms with Crippen molar-refractivity contribution < 1.29 is 40.0 Å². The molecule has 0 saturated heterocycles. The second-order valence-electron chi connectivity index (χ2n) is 13.1. The topological polar surface area (TPSA) is 150 Å². The number of amides is 1. The summed E-state index contributed by atoms with van der Waals surface area (Å²) in [7, 11) is -4.14. The lowest BCUT2D eigenvalue weighted by Crippen LogP contribution is -2.40. The van der Waals surface area contributed by atoms with Gasteiger partial charge in [0.1, 0.15) is 33.6 Å². The van der Waals surface area contributed by atoms with Crippen molar-refractivity contribution in [1.82, 2.24) is 29.3 Å². The largest absolute Gasteiger partial charge is 0.494 e. The van der Waals surface area contributed by atoms with E-state index in [0.717, 1.165) is 17.4 Å². The lowest BCUT2D eigenvalue weighted by Gasteiger charge is -2.33. The molecule has 0 spiro atoms. The second kappa shape index (κ2) is 17.3. The SMILES string of the molecule is CCOc1ccc(-n2c(C(CCNS(=O)(=O)c3ccc(-c4ccon4)s3)N(Cc3cccnc3)C(=O)Cc3ccc(C(F)(F)F)c(F)c3)nc3ccccc3c2=O)cc1. The van der Waals surface area contributed by atoms with Gasteiger partial charge in [-0.1, -0.05) is 29.4 Å². The molecule has 0 saturated carbocycles. The van der Waals surface area contributed by atoms with E-state index in [1.54, 1.807) is 72.8 Å². The monoisotopic (exact) mass is 846 g/mol. The predicted octanol–water partition coefficient (Wildman–Crippen LogP) is 7.74. The van der Waals surface area contributed by atoms with Crippen molar-refractivity contribution in [2.75, 3.05) is 13.2 Å². The van der Waals surface area contributed by atoms with Crippen molar-refractivity contribution in [3.05, 3.63) is 154 Å². The third-order valence-electron chi connectivity index (χ3n) is 9.22. The molecule has 3 aromatic carbocycles. The quantitative estimate of drug-likeness (QED) is 0.102. The Morgan fingerprint density at radius 1 is 1.00 bits per heavy atom. The minimum atomic E-state index is -4.95. The van der Waals surface area contributed by atoms with Crippen molar-refractivity contribution in [1.29, 1.82) is 0 Å². The molecule has 7 aromatic rings. The van der Waals surface area contributed by atoms with Gasteiger partial charge in [-0.25, -0.2) is 22.5 Å². The molecule has 7 rings (SSSR count). The van der Waals surface area contributed by atoms with E-state index in [-0.39, 0.29) is 46.0 Å². The summed E-state index contributed by atoms with van der Waals surface area (Å²) in [6.45, 7) is 1.78. The summed E-state index contributed by atoms with van der Waals surface area (Å²) in [4.78, 5) is 40.1. The fourth-order valence-corrected chi connectivity index (χ4v) is 8.84. The summed E-state index contributed by atoms with van der Waals surface area (Å²) in [5, 5.41) is 4.12. The summed E-state index contributed by atoms with van der Waals surface area (Å²) >= 11 is 0.965.